The lowest BCUT2D eigenvalue weighted by Crippen LogP contribution is -2.36. The summed E-state index contributed by atoms with van der Waals surface area (Å²) in [6, 6.07) is 4.21. The summed E-state index contributed by atoms with van der Waals surface area (Å²) in [5.41, 5.74) is 0. The fourth-order valence-corrected chi connectivity index (χ4v) is 1.75. The fourth-order valence-electron chi connectivity index (χ4n) is 1.04. The van der Waals surface area contributed by atoms with Gasteiger partial charge in [0.25, 0.3) is 0 Å². The molecule has 14 heavy (non-hydrogen) atoms. The zero-order valence-corrected chi connectivity index (χ0v) is 9.73. The van der Waals surface area contributed by atoms with Crippen LogP contribution in [0.5, 0.6) is 0 Å². The highest BCUT2D eigenvalue weighted by molar-refractivity contribution is 7.10. The number of carbonyl (C=O) groups excluding carboxylic acids is 1. The number of hydrogen-bond acceptors (Lipinski definition) is 2. The summed E-state index contributed by atoms with van der Waals surface area (Å²) in [5, 5.41) is 4.98. The van der Waals surface area contributed by atoms with E-state index in [2.05, 4.69) is 19.2 Å². The van der Waals surface area contributed by atoms with Gasteiger partial charge in [0.05, 0.1) is 6.42 Å². The van der Waals surface area contributed by atoms with Gasteiger partial charge in [-0.05, 0) is 24.3 Å². The second-order valence-electron chi connectivity index (χ2n) is 3.86. The summed E-state index contributed by atoms with van der Waals surface area (Å²) in [5.74, 6) is 0.607. The molecule has 0 aliphatic heterocycles. The molecule has 78 valence electrons. The average Bonchev–Trinajstić information content (AvgIpc) is 2.56. The molecule has 0 radical (unpaired) electrons. The molecule has 0 saturated heterocycles. The van der Waals surface area contributed by atoms with Crippen molar-refractivity contribution in [3.8, 4) is 0 Å². The van der Waals surface area contributed by atoms with E-state index in [1.54, 1.807) is 11.3 Å². The van der Waals surface area contributed by atoms with Gasteiger partial charge >= 0.3 is 0 Å². The van der Waals surface area contributed by atoms with E-state index < -0.39 is 0 Å². The lowest BCUT2D eigenvalue weighted by molar-refractivity contribution is -0.121. The zero-order valence-electron chi connectivity index (χ0n) is 8.91. The van der Waals surface area contributed by atoms with Crippen molar-refractivity contribution in [1.82, 2.24) is 5.32 Å². The Bertz CT molecular complexity index is 279. The number of thiophene rings is 1. The first-order chi connectivity index (χ1) is 6.59. The standard InChI is InChI=1S/C11H17NOS/c1-8(2)9(3)12-11(13)7-10-5-4-6-14-10/h4-6,8-9H,7H2,1-3H3,(H,12,13)/t9-/m1/s1. The van der Waals surface area contributed by atoms with Gasteiger partial charge in [0, 0.05) is 10.9 Å². The highest BCUT2D eigenvalue weighted by Crippen LogP contribution is 2.09. The number of carbonyl (C=O) groups is 1. The lowest BCUT2D eigenvalue weighted by atomic mass is 10.1. The molecule has 1 aromatic heterocycles. The van der Waals surface area contributed by atoms with E-state index in [0.29, 0.717) is 12.3 Å². The molecule has 1 aromatic rings. The van der Waals surface area contributed by atoms with Crippen molar-refractivity contribution in [3.63, 3.8) is 0 Å². The topological polar surface area (TPSA) is 29.1 Å². The van der Waals surface area contributed by atoms with Crippen molar-refractivity contribution >= 4 is 17.2 Å². The number of nitrogens with one attached hydrogen (secondary N) is 1. The Morgan fingerprint density at radius 2 is 2.21 bits per heavy atom. The Morgan fingerprint density at radius 1 is 1.50 bits per heavy atom. The van der Waals surface area contributed by atoms with Gasteiger partial charge < -0.3 is 5.32 Å². The van der Waals surface area contributed by atoms with Gasteiger partial charge in [0.1, 0.15) is 0 Å². The number of amides is 1. The maximum Gasteiger partial charge on any atom is 0.225 e. The largest absolute Gasteiger partial charge is 0.353 e. The number of hydrogen-bond donors (Lipinski definition) is 1. The molecule has 0 fully saturated rings. The predicted molar refractivity (Wildman–Crippen MR) is 60.5 cm³/mol. The third kappa shape index (κ3) is 3.50. The molecule has 0 aliphatic rings. The summed E-state index contributed by atoms with van der Waals surface area (Å²) < 4.78 is 0. The van der Waals surface area contributed by atoms with E-state index in [1.165, 1.54) is 0 Å². The Labute approximate surface area is 89.3 Å². The van der Waals surface area contributed by atoms with Gasteiger partial charge in [-0.3, -0.25) is 4.79 Å². The van der Waals surface area contributed by atoms with Crippen molar-refractivity contribution in [3.05, 3.63) is 22.4 Å². The first-order valence-electron chi connectivity index (χ1n) is 4.91. The van der Waals surface area contributed by atoms with Crippen molar-refractivity contribution < 1.29 is 4.79 Å². The van der Waals surface area contributed by atoms with Crippen molar-refractivity contribution in [1.29, 1.82) is 0 Å². The Kier molecular flexibility index (Phi) is 4.14. The van der Waals surface area contributed by atoms with Crippen molar-refractivity contribution in [2.24, 2.45) is 5.92 Å². The Hall–Kier alpha value is -0.830. The molecule has 1 heterocycles. The fraction of sp³-hybridized carbons (Fsp3) is 0.545. The summed E-state index contributed by atoms with van der Waals surface area (Å²) >= 11 is 1.63. The third-order valence-corrected chi connectivity index (χ3v) is 3.18. The van der Waals surface area contributed by atoms with Gasteiger partial charge in [0.15, 0.2) is 0 Å². The van der Waals surface area contributed by atoms with Crippen LogP contribution in [0.4, 0.5) is 0 Å². The molecule has 2 nitrogen and oxygen atoms in total. The van der Waals surface area contributed by atoms with Gasteiger partial charge in [-0.2, -0.15) is 0 Å². The molecule has 0 aromatic carbocycles. The minimum Gasteiger partial charge on any atom is -0.353 e. The second kappa shape index (κ2) is 5.15. The molecule has 1 N–H and O–H groups in total. The minimum atomic E-state index is 0.119. The van der Waals surface area contributed by atoms with Crippen LogP contribution in [0.2, 0.25) is 0 Å². The lowest BCUT2D eigenvalue weighted by Gasteiger charge is -2.16. The first kappa shape index (κ1) is 11.2. The van der Waals surface area contributed by atoms with Crippen LogP contribution in [0.1, 0.15) is 25.6 Å². The molecule has 0 bridgehead atoms. The molecule has 0 spiro atoms. The predicted octanol–water partition coefficient (Wildman–Crippen LogP) is 2.45. The Balaban J connectivity index is 2.36. The van der Waals surface area contributed by atoms with Crippen LogP contribution in [-0.2, 0) is 11.2 Å². The minimum absolute atomic E-state index is 0.119. The van der Waals surface area contributed by atoms with Crippen LogP contribution in [0.15, 0.2) is 17.5 Å². The SMILES string of the molecule is CC(C)[C@@H](C)NC(=O)Cc1cccs1. The van der Waals surface area contributed by atoms with Gasteiger partial charge in [-0.1, -0.05) is 19.9 Å². The highest BCUT2D eigenvalue weighted by Gasteiger charge is 2.11. The first-order valence-corrected chi connectivity index (χ1v) is 5.79. The number of rotatable bonds is 4. The normalized spacial score (nSPS) is 12.9. The summed E-state index contributed by atoms with van der Waals surface area (Å²) in [6.07, 6.45) is 0.509. The summed E-state index contributed by atoms with van der Waals surface area (Å²) in [4.78, 5) is 12.6. The van der Waals surface area contributed by atoms with Crippen LogP contribution in [-0.4, -0.2) is 11.9 Å². The molecule has 0 saturated carbocycles. The monoisotopic (exact) mass is 211 g/mol. The van der Waals surface area contributed by atoms with Crippen LogP contribution in [0, 0.1) is 5.92 Å². The van der Waals surface area contributed by atoms with E-state index in [0.717, 1.165) is 4.88 Å². The summed E-state index contributed by atoms with van der Waals surface area (Å²) in [6.45, 7) is 6.25. The van der Waals surface area contributed by atoms with Crippen LogP contribution >= 0.6 is 11.3 Å². The van der Waals surface area contributed by atoms with E-state index in [4.69, 9.17) is 0 Å². The van der Waals surface area contributed by atoms with E-state index in [-0.39, 0.29) is 11.9 Å². The van der Waals surface area contributed by atoms with Gasteiger partial charge in [-0.15, -0.1) is 11.3 Å². The smallest absolute Gasteiger partial charge is 0.225 e. The Morgan fingerprint density at radius 3 is 2.71 bits per heavy atom. The molecule has 0 unspecified atom stereocenters. The third-order valence-electron chi connectivity index (χ3n) is 2.30. The van der Waals surface area contributed by atoms with E-state index in [9.17, 15) is 4.79 Å². The quantitative estimate of drug-likeness (QED) is 0.814. The van der Waals surface area contributed by atoms with Crippen LogP contribution in [0.25, 0.3) is 0 Å². The van der Waals surface area contributed by atoms with Crippen molar-refractivity contribution in [2.45, 2.75) is 33.2 Å². The maximum atomic E-state index is 11.5. The second-order valence-corrected chi connectivity index (χ2v) is 4.89. The molecule has 1 atom stereocenters. The van der Waals surface area contributed by atoms with Crippen LogP contribution < -0.4 is 5.32 Å². The molecule has 3 heteroatoms. The van der Waals surface area contributed by atoms with E-state index in [1.807, 2.05) is 24.4 Å². The molecule has 0 aliphatic carbocycles. The van der Waals surface area contributed by atoms with Crippen molar-refractivity contribution in [2.75, 3.05) is 0 Å². The zero-order chi connectivity index (χ0) is 10.6. The van der Waals surface area contributed by atoms with Gasteiger partial charge in [-0.25, -0.2) is 0 Å². The highest BCUT2D eigenvalue weighted by atomic mass is 32.1. The van der Waals surface area contributed by atoms with Gasteiger partial charge in [0.2, 0.25) is 5.91 Å². The summed E-state index contributed by atoms with van der Waals surface area (Å²) in [7, 11) is 0. The molecular formula is C11H17NOS. The molecule has 1 rings (SSSR count). The molecular weight excluding hydrogens is 194 g/mol. The van der Waals surface area contributed by atoms with E-state index >= 15 is 0 Å². The van der Waals surface area contributed by atoms with Crippen LogP contribution in [0.3, 0.4) is 0 Å². The molecule has 1 amide bonds. The maximum absolute atomic E-state index is 11.5. The average molecular weight is 211 g/mol.